The predicted octanol–water partition coefficient (Wildman–Crippen LogP) is 5.72. The van der Waals surface area contributed by atoms with Crippen LogP contribution in [0.25, 0.3) is 10.8 Å². The van der Waals surface area contributed by atoms with Crippen molar-refractivity contribution in [2.24, 2.45) is 0 Å². The zero-order chi connectivity index (χ0) is 18.8. The maximum Gasteiger partial charge on any atom is 0.176 e. The first kappa shape index (κ1) is 18.4. The Morgan fingerprint density at radius 3 is 2.56 bits per heavy atom. The molecule has 2 nitrogen and oxygen atoms in total. The Morgan fingerprint density at radius 2 is 1.85 bits per heavy atom. The van der Waals surface area contributed by atoms with Crippen molar-refractivity contribution >= 4 is 17.0 Å². The third-order valence-corrected chi connectivity index (χ3v) is 6.64. The number of hydrogen-bond acceptors (Lipinski definition) is 1. The van der Waals surface area contributed by atoms with Gasteiger partial charge in [-0.1, -0.05) is 50.5 Å². The van der Waals surface area contributed by atoms with Crippen molar-refractivity contribution in [3.05, 3.63) is 59.3 Å². The lowest BCUT2D eigenvalue weighted by Gasteiger charge is -2.30. The van der Waals surface area contributed by atoms with Crippen LogP contribution in [0.2, 0.25) is 0 Å². The normalized spacial score (nSPS) is 23.6. The van der Waals surface area contributed by atoms with Crippen molar-refractivity contribution in [2.75, 3.05) is 6.61 Å². The van der Waals surface area contributed by atoms with Gasteiger partial charge in [-0.25, -0.2) is 4.58 Å². The second kappa shape index (κ2) is 7.98. The lowest BCUT2D eigenvalue weighted by Crippen LogP contribution is -2.34. The van der Waals surface area contributed by atoms with E-state index in [9.17, 15) is 5.11 Å². The van der Waals surface area contributed by atoms with Crippen LogP contribution in [0.1, 0.15) is 80.9 Å². The standard InChI is InChI=1S/C25H32NO/c1-3-14-26-17-20-16-23(19-9-5-4-6-10-19)21-11-7-8-12-22(21)25(20)18(2)24(26)13-15-27/h3,7-8,11-12,14,16-19,24,27H,4-6,9-10,13,15H2,1-2H3/q+1/b14-3-. The minimum Gasteiger partial charge on any atom is -0.396 e. The lowest BCUT2D eigenvalue weighted by molar-refractivity contribution is -0.503. The van der Waals surface area contributed by atoms with E-state index in [-0.39, 0.29) is 6.61 Å². The minimum atomic E-state index is 0.227. The lowest BCUT2D eigenvalue weighted by atomic mass is 9.76. The molecule has 2 aromatic carbocycles. The molecule has 27 heavy (non-hydrogen) atoms. The molecule has 1 saturated carbocycles. The highest BCUT2D eigenvalue weighted by atomic mass is 16.3. The maximum atomic E-state index is 9.63. The summed E-state index contributed by atoms with van der Waals surface area (Å²) in [6, 6.07) is 11.8. The fourth-order valence-electron chi connectivity index (χ4n) is 5.38. The van der Waals surface area contributed by atoms with Gasteiger partial charge < -0.3 is 5.11 Å². The summed E-state index contributed by atoms with van der Waals surface area (Å²) < 4.78 is 2.32. The molecule has 1 aliphatic heterocycles. The Hall–Kier alpha value is -1.93. The molecule has 0 aromatic heterocycles. The number of fused-ring (bicyclic) bond motifs is 3. The molecular formula is C25H32NO+. The van der Waals surface area contributed by atoms with E-state index in [0.29, 0.717) is 17.9 Å². The van der Waals surface area contributed by atoms with Crippen molar-refractivity contribution in [2.45, 2.75) is 70.3 Å². The molecule has 1 heterocycles. The number of aliphatic hydroxyl groups excluding tert-OH is 1. The van der Waals surface area contributed by atoms with Crippen LogP contribution in [-0.2, 0) is 0 Å². The van der Waals surface area contributed by atoms with Gasteiger partial charge in [0.15, 0.2) is 18.5 Å². The van der Waals surface area contributed by atoms with Crippen LogP contribution in [0.4, 0.5) is 0 Å². The molecule has 1 aliphatic carbocycles. The van der Waals surface area contributed by atoms with E-state index in [2.05, 4.69) is 67.2 Å². The average molecular weight is 363 g/mol. The molecule has 2 heteroatoms. The van der Waals surface area contributed by atoms with Gasteiger partial charge in [0.25, 0.3) is 0 Å². The van der Waals surface area contributed by atoms with Gasteiger partial charge in [-0.2, -0.15) is 0 Å². The number of hydrogen-bond donors (Lipinski definition) is 1. The summed E-state index contributed by atoms with van der Waals surface area (Å²) in [6.07, 6.45) is 14.1. The van der Waals surface area contributed by atoms with Crippen molar-refractivity contribution in [1.29, 1.82) is 0 Å². The van der Waals surface area contributed by atoms with Crippen LogP contribution >= 0.6 is 0 Å². The second-order valence-corrected chi connectivity index (χ2v) is 8.28. The molecule has 0 spiro atoms. The SMILES string of the molecule is C/C=C\[N+]1=Cc2cc(C3CCCCC3)c3ccccc3c2C(C)C1CCO. The predicted molar refractivity (Wildman–Crippen MR) is 114 cm³/mol. The molecule has 4 rings (SSSR count). The van der Waals surface area contributed by atoms with Gasteiger partial charge in [0.1, 0.15) is 0 Å². The fraction of sp³-hybridized carbons (Fsp3) is 0.480. The number of aliphatic hydroxyl groups is 1. The monoisotopic (exact) mass is 362 g/mol. The molecule has 2 unspecified atom stereocenters. The van der Waals surface area contributed by atoms with Crippen molar-refractivity contribution in [1.82, 2.24) is 0 Å². The van der Waals surface area contributed by atoms with Gasteiger partial charge in [0.2, 0.25) is 0 Å². The third kappa shape index (κ3) is 3.36. The van der Waals surface area contributed by atoms with Crippen LogP contribution in [0, 0.1) is 0 Å². The molecule has 2 atom stereocenters. The van der Waals surface area contributed by atoms with Gasteiger partial charge >= 0.3 is 0 Å². The summed E-state index contributed by atoms with van der Waals surface area (Å²) in [4.78, 5) is 0. The highest BCUT2D eigenvalue weighted by Gasteiger charge is 2.35. The smallest absolute Gasteiger partial charge is 0.176 e. The molecule has 1 N–H and O–H groups in total. The van der Waals surface area contributed by atoms with Gasteiger partial charge in [0.05, 0.1) is 0 Å². The van der Waals surface area contributed by atoms with Gasteiger partial charge in [0, 0.05) is 24.5 Å². The van der Waals surface area contributed by atoms with Crippen molar-refractivity contribution in [3.8, 4) is 0 Å². The molecule has 0 amide bonds. The molecule has 0 radical (unpaired) electrons. The van der Waals surface area contributed by atoms with Gasteiger partial charge in [-0.05, 0) is 59.7 Å². The first-order valence-electron chi connectivity index (χ1n) is 10.7. The Bertz CT molecular complexity index is 873. The van der Waals surface area contributed by atoms with Crippen LogP contribution in [0.15, 0.2) is 42.6 Å². The van der Waals surface area contributed by atoms with Gasteiger partial charge in [-0.15, -0.1) is 0 Å². The molecule has 2 aromatic rings. The average Bonchev–Trinajstić information content (AvgIpc) is 2.71. The van der Waals surface area contributed by atoms with Crippen LogP contribution in [0.3, 0.4) is 0 Å². The van der Waals surface area contributed by atoms with Crippen molar-refractivity contribution in [3.63, 3.8) is 0 Å². The van der Waals surface area contributed by atoms with E-state index < -0.39 is 0 Å². The number of allylic oxidation sites excluding steroid dienone is 1. The first-order chi connectivity index (χ1) is 13.2. The second-order valence-electron chi connectivity index (χ2n) is 8.28. The Morgan fingerprint density at radius 1 is 1.11 bits per heavy atom. The highest BCUT2D eigenvalue weighted by Crippen LogP contribution is 2.42. The Labute approximate surface area is 163 Å². The van der Waals surface area contributed by atoms with E-state index >= 15 is 0 Å². The highest BCUT2D eigenvalue weighted by molar-refractivity contribution is 5.97. The minimum absolute atomic E-state index is 0.227. The fourth-order valence-corrected chi connectivity index (χ4v) is 5.38. The maximum absolute atomic E-state index is 9.63. The molecule has 0 saturated heterocycles. The van der Waals surface area contributed by atoms with Crippen LogP contribution < -0.4 is 0 Å². The topological polar surface area (TPSA) is 23.2 Å². The van der Waals surface area contributed by atoms with E-state index in [4.69, 9.17) is 0 Å². The number of rotatable bonds is 4. The summed E-state index contributed by atoms with van der Waals surface area (Å²) in [5.74, 6) is 1.08. The van der Waals surface area contributed by atoms with E-state index in [1.807, 2.05) is 0 Å². The number of benzene rings is 2. The zero-order valence-electron chi connectivity index (χ0n) is 16.7. The Balaban J connectivity index is 1.93. The summed E-state index contributed by atoms with van der Waals surface area (Å²) in [7, 11) is 0. The first-order valence-corrected chi connectivity index (χ1v) is 10.7. The molecule has 142 valence electrons. The van der Waals surface area contributed by atoms with Crippen molar-refractivity contribution < 1.29 is 9.68 Å². The molecule has 2 aliphatic rings. The van der Waals surface area contributed by atoms with E-state index in [0.717, 1.165) is 6.42 Å². The van der Waals surface area contributed by atoms with E-state index in [1.165, 1.54) is 54.0 Å². The summed E-state index contributed by atoms with van der Waals surface area (Å²) in [6.45, 7) is 4.62. The molecule has 1 fully saturated rings. The zero-order valence-corrected chi connectivity index (χ0v) is 16.7. The quantitative estimate of drug-likeness (QED) is 0.691. The van der Waals surface area contributed by atoms with Crippen LogP contribution in [0.5, 0.6) is 0 Å². The third-order valence-electron chi connectivity index (χ3n) is 6.64. The van der Waals surface area contributed by atoms with Gasteiger partial charge in [-0.3, -0.25) is 0 Å². The van der Waals surface area contributed by atoms with E-state index in [1.54, 1.807) is 5.56 Å². The number of nitrogens with zero attached hydrogens (tertiary/aromatic N) is 1. The van der Waals surface area contributed by atoms with Crippen LogP contribution in [-0.4, -0.2) is 28.5 Å². The summed E-state index contributed by atoms with van der Waals surface area (Å²) in [5, 5.41) is 12.5. The summed E-state index contributed by atoms with van der Waals surface area (Å²) in [5.41, 5.74) is 4.38. The Kier molecular flexibility index (Phi) is 5.45. The summed E-state index contributed by atoms with van der Waals surface area (Å²) >= 11 is 0. The molecular weight excluding hydrogens is 330 g/mol. The largest absolute Gasteiger partial charge is 0.396 e. The molecule has 0 bridgehead atoms.